The summed E-state index contributed by atoms with van der Waals surface area (Å²) in [5, 5.41) is 29.2. The second kappa shape index (κ2) is 9.46. The average molecular weight is 366 g/mol. The monoisotopic (exact) mass is 366 g/mol. The summed E-state index contributed by atoms with van der Waals surface area (Å²) in [4.78, 5) is 11.8. The molecule has 2 unspecified atom stereocenters. The molecule has 0 spiro atoms. The van der Waals surface area contributed by atoms with Crippen LogP contribution >= 0.6 is 0 Å². The molecule has 0 aromatic heterocycles. The van der Waals surface area contributed by atoms with Gasteiger partial charge in [0.05, 0.1) is 12.7 Å². The predicted molar refractivity (Wildman–Crippen MR) is 96.8 cm³/mol. The Morgan fingerprint density at radius 2 is 1.85 bits per heavy atom. The number of carbonyl (C=O) groups excluding carboxylic acids is 1. The van der Waals surface area contributed by atoms with Crippen LogP contribution < -0.4 is 4.74 Å². The first-order valence-electron chi connectivity index (χ1n) is 9.21. The van der Waals surface area contributed by atoms with E-state index in [1.54, 1.807) is 19.1 Å². The Morgan fingerprint density at radius 3 is 2.42 bits per heavy atom. The van der Waals surface area contributed by atoms with Crippen molar-refractivity contribution in [2.75, 3.05) is 6.61 Å². The van der Waals surface area contributed by atoms with Gasteiger partial charge in [-0.25, -0.2) is 0 Å². The lowest BCUT2D eigenvalue weighted by molar-refractivity contribution is -0.256. The van der Waals surface area contributed by atoms with E-state index in [0.717, 1.165) is 5.56 Å². The Labute approximate surface area is 154 Å². The van der Waals surface area contributed by atoms with Crippen LogP contribution in [0.15, 0.2) is 24.3 Å². The molecule has 26 heavy (non-hydrogen) atoms. The van der Waals surface area contributed by atoms with E-state index in [4.69, 9.17) is 9.47 Å². The summed E-state index contributed by atoms with van der Waals surface area (Å²) >= 11 is 0. The van der Waals surface area contributed by atoms with E-state index in [2.05, 4.69) is 0 Å². The molecule has 0 aliphatic carbocycles. The zero-order valence-corrected chi connectivity index (χ0v) is 15.7. The SMILES string of the molecule is CC(C)CC(=O)CCc1ccc(O[C@H]2OC(CO)[C@H](O)C(O)[C@@H]2C)cc1. The van der Waals surface area contributed by atoms with E-state index < -0.39 is 37.1 Å². The number of ether oxygens (including phenoxy) is 2. The molecule has 0 bridgehead atoms. The van der Waals surface area contributed by atoms with Gasteiger partial charge in [-0.3, -0.25) is 4.79 Å². The quantitative estimate of drug-likeness (QED) is 0.648. The molecular formula is C20H30O6. The molecule has 6 heteroatoms. The highest BCUT2D eigenvalue weighted by Crippen LogP contribution is 2.28. The minimum atomic E-state index is -1.14. The summed E-state index contributed by atoms with van der Waals surface area (Å²) in [6.45, 7) is 5.40. The molecule has 1 aromatic rings. The Kier molecular flexibility index (Phi) is 7.58. The van der Waals surface area contributed by atoms with Crippen molar-refractivity contribution >= 4 is 5.78 Å². The van der Waals surface area contributed by atoms with Gasteiger partial charge in [0.1, 0.15) is 23.7 Å². The molecule has 1 fully saturated rings. The van der Waals surface area contributed by atoms with Crippen LogP contribution in [0.4, 0.5) is 0 Å². The van der Waals surface area contributed by atoms with E-state index in [9.17, 15) is 20.1 Å². The highest BCUT2D eigenvalue weighted by molar-refractivity contribution is 5.78. The molecule has 0 radical (unpaired) electrons. The maximum atomic E-state index is 11.8. The van der Waals surface area contributed by atoms with Crippen molar-refractivity contribution in [1.29, 1.82) is 0 Å². The van der Waals surface area contributed by atoms with Crippen molar-refractivity contribution < 1.29 is 29.6 Å². The van der Waals surface area contributed by atoms with E-state index in [-0.39, 0.29) is 5.78 Å². The number of aryl methyl sites for hydroxylation is 1. The summed E-state index contributed by atoms with van der Waals surface area (Å²) in [6.07, 6.45) is -1.97. The van der Waals surface area contributed by atoms with E-state index in [0.29, 0.717) is 30.9 Å². The molecule has 146 valence electrons. The maximum Gasteiger partial charge on any atom is 0.205 e. The van der Waals surface area contributed by atoms with Crippen LogP contribution in [0, 0.1) is 11.8 Å². The van der Waals surface area contributed by atoms with Gasteiger partial charge in [0, 0.05) is 18.8 Å². The van der Waals surface area contributed by atoms with Gasteiger partial charge in [-0.05, 0) is 30.0 Å². The second-order valence-corrected chi connectivity index (χ2v) is 7.46. The van der Waals surface area contributed by atoms with Gasteiger partial charge in [0.2, 0.25) is 6.29 Å². The van der Waals surface area contributed by atoms with Gasteiger partial charge in [-0.15, -0.1) is 0 Å². The average Bonchev–Trinajstić information content (AvgIpc) is 2.61. The smallest absolute Gasteiger partial charge is 0.205 e. The summed E-state index contributed by atoms with van der Waals surface area (Å²) in [7, 11) is 0. The fraction of sp³-hybridized carbons (Fsp3) is 0.650. The molecule has 3 N–H and O–H groups in total. The van der Waals surface area contributed by atoms with Crippen molar-refractivity contribution in [2.24, 2.45) is 11.8 Å². The molecule has 1 saturated heterocycles. The third-order valence-electron chi connectivity index (χ3n) is 4.69. The van der Waals surface area contributed by atoms with Crippen molar-refractivity contribution in [3.05, 3.63) is 29.8 Å². The van der Waals surface area contributed by atoms with Crippen LogP contribution in [0.25, 0.3) is 0 Å². The first-order chi connectivity index (χ1) is 12.3. The molecule has 1 aromatic carbocycles. The fourth-order valence-corrected chi connectivity index (χ4v) is 3.06. The van der Waals surface area contributed by atoms with Gasteiger partial charge < -0.3 is 24.8 Å². The lowest BCUT2D eigenvalue weighted by atomic mass is 9.92. The third kappa shape index (κ3) is 5.51. The zero-order valence-electron chi connectivity index (χ0n) is 15.7. The molecular weight excluding hydrogens is 336 g/mol. The molecule has 0 amide bonds. The molecule has 1 aliphatic rings. The number of rotatable bonds is 8. The topological polar surface area (TPSA) is 96.2 Å². The lowest BCUT2D eigenvalue weighted by Gasteiger charge is -2.40. The van der Waals surface area contributed by atoms with Crippen LogP contribution in [0.1, 0.15) is 39.2 Å². The minimum Gasteiger partial charge on any atom is -0.465 e. The summed E-state index contributed by atoms with van der Waals surface area (Å²) in [5.41, 5.74) is 1.05. The number of benzene rings is 1. The van der Waals surface area contributed by atoms with Crippen LogP contribution in [0.3, 0.4) is 0 Å². The first kappa shape index (κ1) is 20.8. The van der Waals surface area contributed by atoms with Crippen LogP contribution in [0.2, 0.25) is 0 Å². The first-order valence-corrected chi connectivity index (χ1v) is 9.21. The van der Waals surface area contributed by atoms with E-state index in [1.807, 2.05) is 26.0 Å². The number of hydrogen-bond donors (Lipinski definition) is 3. The zero-order chi connectivity index (χ0) is 19.3. The van der Waals surface area contributed by atoms with Gasteiger partial charge >= 0.3 is 0 Å². The lowest BCUT2D eigenvalue weighted by Crippen LogP contribution is -2.56. The Balaban J connectivity index is 1.91. The number of ketones is 1. The van der Waals surface area contributed by atoms with Crippen molar-refractivity contribution in [3.8, 4) is 5.75 Å². The normalized spacial score (nSPS) is 29.0. The number of Topliss-reactive ketones (excluding diaryl/α,β-unsaturated/α-hetero) is 1. The summed E-state index contributed by atoms with van der Waals surface area (Å²) in [5.74, 6) is 0.778. The maximum absolute atomic E-state index is 11.8. The minimum absolute atomic E-state index is 0.271. The summed E-state index contributed by atoms with van der Waals surface area (Å²) < 4.78 is 11.3. The van der Waals surface area contributed by atoms with Crippen molar-refractivity contribution in [1.82, 2.24) is 0 Å². The molecule has 5 atom stereocenters. The van der Waals surface area contributed by atoms with Crippen LogP contribution in [-0.2, 0) is 16.0 Å². The van der Waals surface area contributed by atoms with E-state index >= 15 is 0 Å². The van der Waals surface area contributed by atoms with Crippen molar-refractivity contribution in [2.45, 2.75) is 64.6 Å². The number of aliphatic hydroxyl groups excluding tert-OH is 3. The molecule has 6 nitrogen and oxygen atoms in total. The van der Waals surface area contributed by atoms with Crippen LogP contribution in [-0.4, -0.2) is 52.3 Å². The van der Waals surface area contributed by atoms with Crippen molar-refractivity contribution in [3.63, 3.8) is 0 Å². The Hall–Kier alpha value is -1.47. The molecule has 1 heterocycles. The Bertz CT molecular complexity index is 568. The highest BCUT2D eigenvalue weighted by Gasteiger charge is 2.43. The fourth-order valence-electron chi connectivity index (χ4n) is 3.06. The molecule has 2 rings (SSSR count). The predicted octanol–water partition coefficient (Wildman–Crippen LogP) is 1.69. The summed E-state index contributed by atoms with van der Waals surface area (Å²) in [6, 6.07) is 7.40. The number of hydrogen-bond acceptors (Lipinski definition) is 6. The highest BCUT2D eigenvalue weighted by atomic mass is 16.7. The number of carbonyl (C=O) groups is 1. The van der Waals surface area contributed by atoms with Gasteiger partial charge in [-0.1, -0.05) is 32.9 Å². The largest absolute Gasteiger partial charge is 0.465 e. The standard InChI is InChI=1S/C20H30O6/c1-12(2)10-15(22)7-4-14-5-8-16(9-6-14)25-20-13(3)18(23)19(24)17(11-21)26-20/h5-6,8-9,12-13,17-21,23-24H,4,7,10-11H2,1-3H3/t13-,17?,18?,19-,20-/m0/s1. The number of aliphatic hydroxyl groups is 3. The van der Waals surface area contributed by atoms with E-state index in [1.165, 1.54) is 0 Å². The molecule has 1 aliphatic heterocycles. The molecule has 0 saturated carbocycles. The van der Waals surface area contributed by atoms with Gasteiger partial charge in [0.15, 0.2) is 0 Å². The van der Waals surface area contributed by atoms with Crippen LogP contribution in [0.5, 0.6) is 5.75 Å². The third-order valence-corrected chi connectivity index (χ3v) is 4.69. The Morgan fingerprint density at radius 1 is 1.19 bits per heavy atom. The second-order valence-electron chi connectivity index (χ2n) is 7.46. The van der Waals surface area contributed by atoms with Gasteiger partial charge in [-0.2, -0.15) is 0 Å². The van der Waals surface area contributed by atoms with Gasteiger partial charge in [0.25, 0.3) is 0 Å².